The van der Waals surface area contributed by atoms with Gasteiger partial charge in [-0.15, -0.1) is 21.5 Å². The molecule has 5 rings (SSSR count). The van der Waals surface area contributed by atoms with E-state index in [1.165, 1.54) is 11.3 Å². The van der Waals surface area contributed by atoms with E-state index in [0.29, 0.717) is 47.1 Å². The lowest BCUT2D eigenvalue weighted by Gasteiger charge is -2.11. The van der Waals surface area contributed by atoms with Crippen molar-refractivity contribution in [2.45, 2.75) is 13.8 Å². The highest BCUT2D eigenvalue weighted by Crippen LogP contribution is 2.37. The Labute approximate surface area is 216 Å². The second kappa shape index (κ2) is 10.5. The van der Waals surface area contributed by atoms with Gasteiger partial charge in [0.15, 0.2) is 0 Å². The van der Waals surface area contributed by atoms with Crippen LogP contribution >= 0.6 is 11.3 Å². The summed E-state index contributed by atoms with van der Waals surface area (Å²) in [4.78, 5) is 30.3. The van der Waals surface area contributed by atoms with E-state index in [0.717, 1.165) is 21.7 Å². The first-order valence-corrected chi connectivity index (χ1v) is 12.2. The number of amides is 2. The smallest absolute Gasteiger partial charge is 0.320 e. The summed E-state index contributed by atoms with van der Waals surface area (Å²) in [5.74, 6) is 1.67. The Morgan fingerprint density at radius 1 is 1.05 bits per heavy atom. The van der Waals surface area contributed by atoms with Crippen molar-refractivity contribution in [3.8, 4) is 50.6 Å². The number of carbonyl (C=O) groups is 1. The van der Waals surface area contributed by atoms with E-state index in [9.17, 15) is 4.79 Å². The maximum atomic E-state index is 12.1. The van der Waals surface area contributed by atoms with Crippen LogP contribution in [0.5, 0.6) is 5.88 Å². The molecule has 0 unspecified atom stereocenters. The van der Waals surface area contributed by atoms with Crippen molar-refractivity contribution in [2.75, 3.05) is 19.0 Å². The van der Waals surface area contributed by atoms with Gasteiger partial charge < -0.3 is 14.5 Å². The van der Waals surface area contributed by atoms with Crippen molar-refractivity contribution < 1.29 is 13.9 Å². The van der Waals surface area contributed by atoms with Gasteiger partial charge in [0.25, 0.3) is 5.89 Å². The lowest BCUT2D eigenvalue weighted by atomic mass is 10.0. The Kier molecular flexibility index (Phi) is 6.81. The summed E-state index contributed by atoms with van der Waals surface area (Å²) in [5, 5.41) is 16.1. The average molecular weight is 515 g/mol. The highest BCUT2D eigenvalue weighted by atomic mass is 32.1. The van der Waals surface area contributed by atoms with Crippen molar-refractivity contribution in [3.05, 3.63) is 60.1 Å². The molecule has 5 aromatic heterocycles. The number of hydrogen-bond acceptors (Lipinski definition) is 10. The van der Waals surface area contributed by atoms with Crippen LogP contribution in [0.3, 0.4) is 0 Å². The minimum Gasteiger partial charge on any atom is -0.481 e. The molecule has 0 aliphatic heterocycles. The van der Waals surface area contributed by atoms with Gasteiger partial charge in [0.2, 0.25) is 11.8 Å². The van der Waals surface area contributed by atoms with Crippen molar-refractivity contribution in [3.63, 3.8) is 0 Å². The second-order valence-electron chi connectivity index (χ2n) is 7.76. The maximum Gasteiger partial charge on any atom is 0.320 e. The van der Waals surface area contributed by atoms with E-state index in [4.69, 9.17) is 14.1 Å². The summed E-state index contributed by atoms with van der Waals surface area (Å²) in [6.07, 6.45) is 3.36. The minimum atomic E-state index is -0.341. The van der Waals surface area contributed by atoms with Gasteiger partial charge in [0, 0.05) is 48.4 Å². The number of anilines is 1. The van der Waals surface area contributed by atoms with E-state index in [2.05, 4.69) is 35.8 Å². The van der Waals surface area contributed by atoms with Crippen molar-refractivity contribution in [2.24, 2.45) is 0 Å². The Morgan fingerprint density at radius 2 is 1.95 bits per heavy atom. The number of thiazole rings is 1. The van der Waals surface area contributed by atoms with Crippen LogP contribution in [0.1, 0.15) is 12.8 Å². The average Bonchev–Trinajstić information content (AvgIpc) is 3.59. The van der Waals surface area contributed by atoms with Crippen molar-refractivity contribution in [1.29, 1.82) is 0 Å². The van der Waals surface area contributed by atoms with E-state index in [-0.39, 0.29) is 6.03 Å². The summed E-state index contributed by atoms with van der Waals surface area (Å²) >= 11 is 1.46. The summed E-state index contributed by atoms with van der Waals surface area (Å²) in [6.45, 7) is 4.06. The van der Waals surface area contributed by atoms with E-state index < -0.39 is 0 Å². The van der Waals surface area contributed by atoms with Crippen LogP contribution in [0.25, 0.3) is 44.7 Å². The predicted molar refractivity (Wildman–Crippen MR) is 139 cm³/mol. The number of ether oxygens (including phenoxy) is 1. The first kappa shape index (κ1) is 24.0. The molecular formula is C25H22N8O3S. The Balaban J connectivity index is 1.58. The highest BCUT2D eigenvalue weighted by Gasteiger charge is 2.17. The van der Waals surface area contributed by atoms with Crippen LogP contribution in [0.2, 0.25) is 0 Å². The second-order valence-corrected chi connectivity index (χ2v) is 8.62. The number of rotatable bonds is 7. The van der Waals surface area contributed by atoms with Crippen LogP contribution in [0.4, 0.5) is 10.6 Å². The summed E-state index contributed by atoms with van der Waals surface area (Å²) in [6, 6.07) is 10.7. The van der Waals surface area contributed by atoms with E-state index >= 15 is 0 Å². The van der Waals surface area contributed by atoms with Crippen LogP contribution in [0.15, 0.2) is 58.6 Å². The minimum absolute atomic E-state index is 0.323. The highest BCUT2D eigenvalue weighted by molar-refractivity contribution is 7.13. The van der Waals surface area contributed by atoms with Crippen LogP contribution < -0.4 is 15.4 Å². The molecule has 0 fully saturated rings. The zero-order valence-electron chi connectivity index (χ0n) is 20.2. The van der Waals surface area contributed by atoms with E-state index in [1.54, 1.807) is 38.6 Å². The Morgan fingerprint density at radius 3 is 2.73 bits per heavy atom. The van der Waals surface area contributed by atoms with Crippen LogP contribution in [-0.4, -0.2) is 49.8 Å². The largest absolute Gasteiger partial charge is 0.481 e. The lowest BCUT2D eigenvalue weighted by Crippen LogP contribution is -2.28. The lowest BCUT2D eigenvalue weighted by molar-refractivity contribution is 0.252. The molecule has 0 bridgehead atoms. The van der Waals surface area contributed by atoms with Gasteiger partial charge in [-0.2, -0.15) is 0 Å². The maximum absolute atomic E-state index is 12.1. The molecule has 12 heteroatoms. The molecule has 11 nitrogen and oxygen atoms in total. The first-order chi connectivity index (χ1) is 18.0. The number of methoxy groups -OCH3 is 1. The number of nitrogens with one attached hydrogen (secondary N) is 2. The zero-order chi connectivity index (χ0) is 25.8. The molecule has 0 saturated carbocycles. The molecule has 0 atom stereocenters. The molecule has 2 amide bonds. The normalized spacial score (nSPS) is 10.8. The summed E-state index contributed by atoms with van der Waals surface area (Å²) < 4.78 is 10.8. The number of aryl methyl sites for hydroxylation is 1. The van der Waals surface area contributed by atoms with Gasteiger partial charge >= 0.3 is 6.03 Å². The molecule has 0 spiro atoms. The molecule has 0 aliphatic rings. The summed E-state index contributed by atoms with van der Waals surface area (Å²) in [7, 11) is 1.57. The van der Waals surface area contributed by atoms with Crippen molar-refractivity contribution >= 4 is 23.2 Å². The molecule has 2 N–H and O–H groups in total. The number of carbonyl (C=O) groups excluding carboxylic acids is 1. The molecule has 5 aromatic rings. The Hall–Kier alpha value is -4.71. The topological polar surface area (TPSA) is 141 Å². The molecule has 37 heavy (non-hydrogen) atoms. The van der Waals surface area contributed by atoms with Gasteiger partial charge in [-0.3, -0.25) is 10.3 Å². The third-order valence-corrected chi connectivity index (χ3v) is 6.10. The third-order valence-electron chi connectivity index (χ3n) is 5.23. The first-order valence-electron chi connectivity index (χ1n) is 11.3. The number of urea groups is 1. The molecule has 186 valence electrons. The Bertz CT molecular complexity index is 1570. The standard InChI is InChI=1S/C25H22N8O3S/c1-4-26-25(34)31-21-11-16(24-30-20(13-37-24)18-6-5-7-22(29-18)35-3)17(12-28-21)15-8-9-27-19(10-15)23-33-32-14(2)36-23/h5-13H,4H2,1-3H3,(H2,26,28,31,34). The van der Waals surface area contributed by atoms with Crippen molar-refractivity contribution in [1.82, 2.24) is 35.5 Å². The van der Waals surface area contributed by atoms with Gasteiger partial charge in [0.1, 0.15) is 22.2 Å². The van der Waals surface area contributed by atoms with Gasteiger partial charge in [-0.05, 0) is 36.8 Å². The number of pyridine rings is 3. The predicted octanol–water partition coefficient (Wildman–Crippen LogP) is 4.84. The fourth-order valence-corrected chi connectivity index (χ4v) is 4.40. The van der Waals surface area contributed by atoms with E-state index in [1.807, 2.05) is 36.6 Å². The fourth-order valence-electron chi connectivity index (χ4n) is 3.55. The van der Waals surface area contributed by atoms with Crippen LogP contribution in [-0.2, 0) is 0 Å². The number of nitrogens with zero attached hydrogens (tertiary/aromatic N) is 6. The molecule has 0 aromatic carbocycles. The molecule has 0 radical (unpaired) electrons. The van der Waals surface area contributed by atoms with Gasteiger partial charge in [-0.25, -0.2) is 19.7 Å². The van der Waals surface area contributed by atoms with Crippen LogP contribution in [0, 0.1) is 6.92 Å². The monoisotopic (exact) mass is 514 g/mol. The molecule has 0 aliphatic carbocycles. The van der Waals surface area contributed by atoms with Gasteiger partial charge in [-0.1, -0.05) is 6.07 Å². The number of aromatic nitrogens is 6. The number of hydrogen-bond donors (Lipinski definition) is 2. The van der Waals surface area contributed by atoms with Gasteiger partial charge in [0.05, 0.1) is 12.8 Å². The summed E-state index contributed by atoms with van der Waals surface area (Å²) in [5.41, 5.74) is 4.33. The molecule has 0 saturated heterocycles. The third kappa shape index (κ3) is 5.28. The SMILES string of the molecule is CCNC(=O)Nc1cc(-c2nc(-c3cccc(OC)n3)cs2)c(-c2ccnc(-c3nnc(C)o3)c2)cn1. The molecule has 5 heterocycles. The zero-order valence-corrected chi connectivity index (χ0v) is 21.0. The molecular weight excluding hydrogens is 492 g/mol. The quantitative estimate of drug-likeness (QED) is 0.312. The fraction of sp³-hybridized carbons (Fsp3) is 0.160.